The lowest BCUT2D eigenvalue weighted by molar-refractivity contribution is -0.129. The first kappa shape index (κ1) is 19.2. The third kappa shape index (κ3) is 6.35. The van der Waals surface area contributed by atoms with Crippen LogP contribution < -0.4 is 9.47 Å². The molecular formula is C20H25NO3S. The van der Waals surface area contributed by atoms with E-state index in [-0.39, 0.29) is 5.91 Å². The molecule has 0 unspecified atom stereocenters. The topological polar surface area (TPSA) is 38.8 Å². The largest absolute Gasteiger partial charge is 0.497 e. The monoisotopic (exact) mass is 359 g/mol. The van der Waals surface area contributed by atoms with Crippen LogP contribution in [0.5, 0.6) is 11.5 Å². The van der Waals surface area contributed by atoms with Crippen molar-refractivity contribution in [2.45, 2.75) is 24.8 Å². The summed E-state index contributed by atoms with van der Waals surface area (Å²) in [4.78, 5) is 15.2. The van der Waals surface area contributed by atoms with Crippen LogP contribution in [0.25, 0.3) is 0 Å². The molecule has 5 heteroatoms. The summed E-state index contributed by atoms with van der Waals surface area (Å²) < 4.78 is 10.6. The van der Waals surface area contributed by atoms with Crippen molar-refractivity contribution in [2.75, 3.05) is 26.5 Å². The summed E-state index contributed by atoms with van der Waals surface area (Å²) in [6, 6.07) is 15.8. The quantitative estimate of drug-likeness (QED) is 0.628. The standard InChI is InChI=1S/C20H25NO3S/c1-4-24-18-7-5-16(6-8-18)15-21(2)20(22)13-14-25-19-11-9-17(23-3)10-12-19/h5-12H,4,13-15H2,1-3H3. The number of ether oxygens (including phenoxy) is 2. The fourth-order valence-electron chi connectivity index (χ4n) is 2.34. The minimum atomic E-state index is 0.148. The van der Waals surface area contributed by atoms with Crippen LogP contribution in [-0.4, -0.2) is 37.3 Å². The van der Waals surface area contributed by atoms with Gasteiger partial charge in [0.2, 0.25) is 5.91 Å². The van der Waals surface area contributed by atoms with E-state index >= 15 is 0 Å². The molecule has 0 aromatic heterocycles. The minimum absolute atomic E-state index is 0.148. The maximum Gasteiger partial charge on any atom is 0.223 e. The van der Waals surface area contributed by atoms with Crippen molar-refractivity contribution in [3.05, 3.63) is 54.1 Å². The molecule has 0 fully saturated rings. The summed E-state index contributed by atoms with van der Waals surface area (Å²) >= 11 is 1.68. The molecule has 0 radical (unpaired) electrons. The summed E-state index contributed by atoms with van der Waals surface area (Å²) in [5, 5.41) is 0. The molecule has 0 saturated carbocycles. The molecule has 0 bridgehead atoms. The molecule has 0 saturated heterocycles. The van der Waals surface area contributed by atoms with Gasteiger partial charge in [-0.1, -0.05) is 12.1 Å². The van der Waals surface area contributed by atoms with Crippen molar-refractivity contribution in [3.63, 3.8) is 0 Å². The third-order valence-corrected chi connectivity index (χ3v) is 4.74. The molecule has 4 nitrogen and oxygen atoms in total. The van der Waals surface area contributed by atoms with Gasteiger partial charge in [-0.05, 0) is 48.9 Å². The van der Waals surface area contributed by atoms with Crippen molar-refractivity contribution in [2.24, 2.45) is 0 Å². The van der Waals surface area contributed by atoms with E-state index in [4.69, 9.17) is 9.47 Å². The Hall–Kier alpha value is -2.14. The van der Waals surface area contributed by atoms with Gasteiger partial charge in [-0.15, -0.1) is 11.8 Å². The van der Waals surface area contributed by atoms with Crippen LogP contribution in [0.1, 0.15) is 18.9 Å². The number of hydrogen-bond donors (Lipinski definition) is 0. The number of hydrogen-bond acceptors (Lipinski definition) is 4. The lowest BCUT2D eigenvalue weighted by atomic mass is 10.2. The van der Waals surface area contributed by atoms with Gasteiger partial charge in [0.15, 0.2) is 0 Å². The van der Waals surface area contributed by atoms with E-state index in [0.717, 1.165) is 27.7 Å². The van der Waals surface area contributed by atoms with Crippen LogP contribution in [0.3, 0.4) is 0 Å². The highest BCUT2D eigenvalue weighted by atomic mass is 32.2. The smallest absolute Gasteiger partial charge is 0.223 e. The van der Waals surface area contributed by atoms with Crippen molar-refractivity contribution >= 4 is 17.7 Å². The average Bonchev–Trinajstić information content (AvgIpc) is 2.64. The summed E-state index contributed by atoms with van der Waals surface area (Å²) in [5.74, 6) is 2.61. The Balaban J connectivity index is 1.75. The molecule has 0 spiro atoms. The number of carbonyl (C=O) groups is 1. The molecule has 0 heterocycles. The maximum absolute atomic E-state index is 12.3. The van der Waals surface area contributed by atoms with Gasteiger partial charge in [-0.3, -0.25) is 4.79 Å². The van der Waals surface area contributed by atoms with Crippen LogP contribution in [0.2, 0.25) is 0 Å². The van der Waals surface area contributed by atoms with E-state index in [1.54, 1.807) is 23.8 Å². The van der Waals surface area contributed by atoms with Gasteiger partial charge < -0.3 is 14.4 Å². The average molecular weight is 359 g/mol. The lowest BCUT2D eigenvalue weighted by Crippen LogP contribution is -2.26. The van der Waals surface area contributed by atoms with E-state index in [2.05, 4.69) is 0 Å². The molecule has 1 amide bonds. The second-order valence-corrected chi connectivity index (χ2v) is 6.77. The Morgan fingerprint density at radius 2 is 1.68 bits per heavy atom. The number of nitrogens with zero attached hydrogens (tertiary/aromatic N) is 1. The zero-order valence-corrected chi connectivity index (χ0v) is 15.8. The Morgan fingerprint density at radius 1 is 1.04 bits per heavy atom. The first-order chi connectivity index (χ1) is 12.1. The third-order valence-electron chi connectivity index (χ3n) is 3.72. The molecule has 134 valence electrons. The summed E-state index contributed by atoms with van der Waals surface area (Å²) in [6.45, 7) is 3.23. The number of methoxy groups -OCH3 is 1. The zero-order chi connectivity index (χ0) is 18.1. The first-order valence-electron chi connectivity index (χ1n) is 8.35. The van der Waals surface area contributed by atoms with Crippen molar-refractivity contribution in [1.82, 2.24) is 4.90 Å². The van der Waals surface area contributed by atoms with E-state index in [9.17, 15) is 4.79 Å². The van der Waals surface area contributed by atoms with E-state index in [1.807, 2.05) is 62.5 Å². The Labute approximate surface area is 154 Å². The molecule has 25 heavy (non-hydrogen) atoms. The SMILES string of the molecule is CCOc1ccc(CN(C)C(=O)CCSc2ccc(OC)cc2)cc1. The predicted octanol–water partition coefficient (Wildman–Crippen LogP) is 4.23. The Kier molecular flexibility index (Phi) is 7.67. The second kappa shape index (κ2) is 9.99. The Morgan fingerprint density at radius 3 is 2.28 bits per heavy atom. The molecule has 0 aliphatic carbocycles. The summed E-state index contributed by atoms with van der Waals surface area (Å²) in [5.41, 5.74) is 1.10. The highest BCUT2D eigenvalue weighted by Crippen LogP contribution is 2.22. The van der Waals surface area contributed by atoms with E-state index < -0.39 is 0 Å². The predicted molar refractivity (Wildman–Crippen MR) is 102 cm³/mol. The Bertz CT molecular complexity index is 656. The van der Waals surface area contributed by atoms with Gasteiger partial charge in [0, 0.05) is 30.7 Å². The van der Waals surface area contributed by atoms with E-state index in [0.29, 0.717) is 19.6 Å². The van der Waals surface area contributed by atoms with Gasteiger partial charge in [-0.25, -0.2) is 0 Å². The van der Waals surface area contributed by atoms with Crippen LogP contribution >= 0.6 is 11.8 Å². The summed E-state index contributed by atoms with van der Waals surface area (Å²) in [7, 11) is 3.50. The highest BCUT2D eigenvalue weighted by molar-refractivity contribution is 7.99. The second-order valence-electron chi connectivity index (χ2n) is 5.60. The molecule has 2 aromatic rings. The normalized spacial score (nSPS) is 10.4. The molecule has 0 aliphatic rings. The first-order valence-corrected chi connectivity index (χ1v) is 9.33. The molecule has 0 aliphatic heterocycles. The zero-order valence-electron chi connectivity index (χ0n) is 15.0. The lowest BCUT2D eigenvalue weighted by Gasteiger charge is -2.17. The maximum atomic E-state index is 12.3. The number of rotatable bonds is 9. The van der Waals surface area contributed by atoms with Gasteiger partial charge in [0.05, 0.1) is 13.7 Å². The summed E-state index contributed by atoms with van der Waals surface area (Å²) in [6.07, 6.45) is 0.518. The van der Waals surface area contributed by atoms with Crippen LogP contribution in [-0.2, 0) is 11.3 Å². The van der Waals surface area contributed by atoms with Gasteiger partial charge in [0.25, 0.3) is 0 Å². The van der Waals surface area contributed by atoms with Crippen LogP contribution in [0, 0.1) is 0 Å². The van der Waals surface area contributed by atoms with Crippen molar-refractivity contribution in [3.8, 4) is 11.5 Å². The van der Waals surface area contributed by atoms with E-state index in [1.165, 1.54) is 0 Å². The molecular weight excluding hydrogens is 334 g/mol. The fourth-order valence-corrected chi connectivity index (χ4v) is 3.18. The number of benzene rings is 2. The fraction of sp³-hybridized carbons (Fsp3) is 0.350. The van der Waals surface area contributed by atoms with Gasteiger partial charge in [-0.2, -0.15) is 0 Å². The highest BCUT2D eigenvalue weighted by Gasteiger charge is 2.09. The number of thioether (sulfide) groups is 1. The minimum Gasteiger partial charge on any atom is -0.497 e. The van der Waals surface area contributed by atoms with Gasteiger partial charge >= 0.3 is 0 Å². The van der Waals surface area contributed by atoms with Crippen LogP contribution in [0.4, 0.5) is 0 Å². The number of amides is 1. The molecule has 0 N–H and O–H groups in total. The van der Waals surface area contributed by atoms with Crippen LogP contribution in [0.15, 0.2) is 53.4 Å². The number of carbonyl (C=O) groups excluding carboxylic acids is 1. The molecule has 2 aromatic carbocycles. The van der Waals surface area contributed by atoms with Gasteiger partial charge in [0.1, 0.15) is 11.5 Å². The van der Waals surface area contributed by atoms with Crippen molar-refractivity contribution < 1.29 is 14.3 Å². The van der Waals surface area contributed by atoms with Crippen molar-refractivity contribution in [1.29, 1.82) is 0 Å². The molecule has 2 rings (SSSR count). The molecule has 0 atom stereocenters.